The number of aromatic nitrogens is 1. The fourth-order valence-electron chi connectivity index (χ4n) is 2.34. The van der Waals surface area contributed by atoms with Crippen LogP contribution < -0.4 is 10.1 Å². The minimum atomic E-state index is -0.489. The number of thiazole rings is 1. The number of carbonyl (C=O) groups excluding carboxylic acids is 1. The Morgan fingerprint density at radius 1 is 1.19 bits per heavy atom. The van der Waals surface area contributed by atoms with Gasteiger partial charge in [-0.25, -0.2) is 13.8 Å². The lowest BCUT2D eigenvalue weighted by Crippen LogP contribution is -2.30. The highest BCUT2D eigenvalue weighted by atomic mass is 32.1. The Labute approximate surface area is 159 Å². The highest BCUT2D eigenvalue weighted by Gasteiger charge is 2.15. The molecule has 27 heavy (non-hydrogen) atoms. The van der Waals surface area contributed by atoms with Crippen molar-refractivity contribution in [1.82, 2.24) is 10.3 Å². The molecule has 0 unspecified atom stereocenters. The maximum absolute atomic E-state index is 14.5. The predicted octanol–water partition coefficient (Wildman–Crippen LogP) is 4.81. The van der Waals surface area contributed by atoms with Gasteiger partial charge in [-0.1, -0.05) is 12.1 Å². The molecule has 0 saturated heterocycles. The maximum Gasteiger partial charge on any atom is 0.270 e. The lowest BCUT2D eigenvalue weighted by atomic mass is 10.2. The Morgan fingerprint density at radius 3 is 2.59 bits per heavy atom. The summed E-state index contributed by atoms with van der Waals surface area (Å²) < 4.78 is 32.9. The molecule has 1 N–H and O–H groups in total. The second kappa shape index (κ2) is 8.26. The monoisotopic (exact) mass is 388 g/mol. The first-order valence-corrected chi connectivity index (χ1v) is 9.24. The summed E-state index contributed by atoms with van der Waals surface area (Å²) in [5, 5.41) is 4.78. The van der Waals surface area contributed by atoms with Gasteiger partial charge in [0.1, 0.15) is 34.7 Å². The van der Waals surface area contributed by atoms with E-state index in [9.17, 15) is 13.6 Å². The number of benzene rings is 2. The fraction of sp³-hybridized carbons (Fsp3) is 0.200. The molecule has 2 aromatic carbocycles. The summed E-state index contributed by atoms with van der Waals surface area (Å²) in [6.45, 7) is 3.92. The molecule has 0 aliphatic carbocycles. The summed E-state index contributed by atoms with van der Waals surface area (Å²) in [5.74, 6) is -0.738. The molecule has 1 amide bonds. The van der Waals surface area contributed by atoms with Crippen LogP contribution in [0.4, 0.5) is 8.78 Å². The van der Waals surface area contributed by atoms with Crippen molar-refractivity contribution < 1.29 is 18.3 Å². The molecule has 3 aromatic rings. The summed E-state index contributed by atoms with van der Waals surface area (Å²) in [4.78, 5) is 16.2. The molecule has 0 aliphatic rings. The maximum atomic E-state index is 14.5. The molecule has 0 saturated carbocycles. The first-order chi connectivity index (χ1) is 12.9. The fourth-order valence-corrected chi connectivity index (χ4v) is 3.17. The van der Waals surface area contributed by atoms with Crippen LogP contribution in [0, 0.1) is 11.6 Å². The Bertz CT molecular complexity index is 939. The van der Waals surface area contributed by atoms with E-state index in [4.69, 9.17) is 4.74 Å². The van der Waals surface area contributed by atoms with Crippen LogP contribution in [-0.2, 0) is 6.61 Å². The van der Waals surface area contributed by atoms with Gasteiger partial charge >= 0.3 is 0 Å². The largest absolute Gasteiger partial charge is 0.489 e. The molecule has 3 rings (SSSR count). The number of hydrogen-bond acceptors (Lipinski definition) is 4. The topological polar surface area (TPSA) is 51.2 Å². The lowest BCUT2D eigenvalue weighted by molar-refractivity contribution is 0.0939. The Balaban J connectivity index is 1.70. The normalized spacial score (nSPS) is 10.9. The number of hydrogen-bond donors (Lipinski definition) is 1. The van der Waals surface area contributed by atoms with Crippen LogP contribution in [0.25, 0.3) is 10.6 Å². The van der Waals surface area contributed by atoms with Crippen molar-refractivity contribution in [2.45, 2.75) is 26.5 Å². The number of halogens is 2. The molecule has 0 fully saturated rings. The molecule has 4 nitrogen and oxygen atoms in total. The van der Waals surface area contributed by atoms with Crippen molar-refractivity contribution in [3.05, 3.63) is 70.7 Å². The first-order valence-electron chi connectivity index (χ1n) is 8.36. The summed E-state index contributed by atoms with van der Waals surface area (Å²) in [5.41, 5.74) is 1.35. The summed E-state index contributed by atoms with van der Waals surface area (Å²) in [6.07, 6.45) is 0. The third-order valence-corrected chi connectivity index (χ3v) is 4.52. The quantitative estimate of drug-likeness (QED) is 0.660. The van der Waals surface area contributed by atoms with Crippen LogP contribution >= 0.6 is 11.3 Å². The number of carbonyl (C=O) groups is 1. The Kier molecular flexibility index (Phi) is 5.81. The zero-order valence-corrected chi connectivity index (χ0v) is 15.6. The van der Waals surface area contributed by atoms with E-state index in [0.29, 0.717) is 16.3 Å². The van der Waals surface area contributed by atoms with E-state index < -0.39 is 5.82 Å². The van der Waals surface area contributed by atoms with E-state index in [1.54, 1.807) is 29.6 Å². The van der Waals surface area contributed by atoms with Gasteiger partial charge in [0.15, 0.2) is 0 Å². The Morgan fingerprint density at radius 2 is 1.93 bits per heavy atom. The number of amides is 1. The lowest BCUT2D eigenvalue weighted by Gasteiger charge is -2.08. The van der Waals surface area contributed by atoms with Gasteiger partial charge in [-0.15, -0.1) is 11.3 Å². The highest BCUT2D eigenvalue weighted by Crippen LogP contribution is 2.29. The van der Waals surface area contributed by atoms with Crippen molar-refractivity contribution in [3.63, 3.8) is 0 Å². The number of nitrogens with zero attached hydrogens (tertiary/aromatic N) is 1. The van der Waals surface area contributed by atoms with E-state index >= 15 is 0 Å². The first kappa shape index (κ1) is 19.0. The highest BCUT2D eigenvalue weighted by molar-refractivity contribution is 7.13. The van der Waals surface area contributed by atoms with E-state index in [1.807, 2.05) is 13.8 Å². The molecular formula is C20H18F2N2O2S. The standard InChI is InChI=1S/C20H18F2N2O2S/c1-12(2)23-19(25)18-11-27-20(24-18)16-8-7-15(9-17(16)22)26-10-13-3-5-14(21)6-4-13/h3-9,11-12H,10H2,1-2H3,(H,23,25). The molecule has 0 bridgehead atoms. The smallest absolute Gasteiger partial charge is 0.270 e. The van der Waals surface area contributed by atoms with Gasteiger partial charge in [0.2, 0.25) is 0 Å². The minimum absolute atomic E-state index is 0.00285. The third-order valence-electron chi connectivity index (χ3n) is 3.65. The second-order valence-corrected chi connectivity index (χ2v) is 7.08. The van der Waals surface area contributed by atoms with Gasteiger partial charge in [0, 0.05) is 23.1 Å². The summed E-state index contributed by atoms with van der Waals surface area (Å²) in [6, 6.07) is 10.4. The molecule has 0 atom stereocenters. The molecule has 0 spiro atoms. The van der Waals surface area contributed by atoms with Crippen LogP contribution in [0.15, 0.2) is 47.8 Å². The van der Waals surface area contributed by atoms with Gasteiger partial charge in [-0.05, 0) is 43.7 Å². The average Bonchev–Trinajstić information content (AvgIpc) is 3.11. The van der Waals surface area contributed by atoms with Gasteiger partial charge in [0.25, 0.3) is 5.91 Å². The van der Waals surface area contributed by atoms with Crippen molar-refractivity contribution >= 4 is 17.2 Å². The van der Waals surface area contributed by atoms with Gasteiger partial charge in [-0.3, -0.25) is 4.79 Å². The molecular weight excluding hydrogens is 370 g/mol. The zero-order chi connectivity index (χ0) is 19.4. The van der Waals surface area contributed by atoms with E-state index in [2.05, 4.69) is 10.3 Å². The van der Waals surface area contributed by atoms with Crippen LogP contribution in [-0.4, -0.2) is 16.9 Å². The molecule has 140 valence electrons. The van der Waals surface area contributed by atoms with E-state index in [-0.39, 0.29) is 30.1 Å². The van der Waals surface area contributed by atoms with Crippen LogP contribution in [0.3, 0.4) is 0 Å². The third kappa shape index (κ3) is 4.89. The molecule has 7 heteroatoms. The van der Waals surface area contributed by atoms with Crippen LogP contribution in [0.1, 0.15) is 29.9 Å². The summed E-state index contributed by atoms with van der Waals surface area (Å²) >= 11 is 1.20. The van der Waals surface area contributed by atoms with Gasteiger partial charge in [0.05, 0.1) is 0 Å². The van der Waals surface area contributed by atoms with Crippen molar-refractivity contribution in [1.29, 1.82) is 0 Å². The predicted molar refractivity (Wildman–Crippen MR) is 101 cm³/mol. The van der Waals surface area contributed by atoms with Crippen molar-refractivity contribution in [2.24, 2.45) is 0 Å². The van der Waals surface area contributed by atoms with Crippen LogP contribution in [0.2, 0.25) is 0 Å². The van der Waals surface area contributed by atoms with E-state index in [1.165, 1.54) is 29.5 Å². The van der Waals surface area contributed by atoms with E-state index in [0.717, 1.165) is 5.56 Å². The minimum Gasteiger partial charge on any atom is -0.489 e. The van der Waals surface area contributed by atoms with Crippen molar-refractivity contribution in [2.75, 3.05) is 0 Å². The van der Waals surface area contributed by atoms with Crippen molar-refractivity contribution in [3.8, 4) is 16.3 Å². The SMILES string of the molecule is CC(C)NC(=O)c1csc(-c2ccc(OCc3ccc(F)cc3)cc2F)n1. The van der Waals surface area contributed by atoms with Gasteiger partial charge in [-0.2, -0.15) is 0 Å². The van der Waals surface area contributed by atoms with Gasteiger partial charge < -0.3 is 10.1 Å². The molecule has 0 aliphatic heterocycles. The Hall–Kier alpha value is -2.80. The molecule has 0 radical (unpaired) electrons. The number of rotatable bonds is 6. The van der Waals surface area contributed by atoms with Crippen LogP contribution in [0.5, 0.6) is 5.75 Å². The zero-order valence-electron chi connectivity index (χ0n) is 14.8. The average molecular weight is 388 g/mol. The number of nitrogens with one attached hydrogen (secondary N) is 1. The number of ether oxygens (including phenoxy) is 1. The summed E-state index contributed by atoms with van der Waals surface area (Å²) in [7, 11) is 0. The second-order valence-electron chi connectivity index (χ2n) is 6.22. The molecule has 1 heterocycles. The molecule has 1 aromatic heterocycles.